The predicted octanol–water partition coefficient (Wildman–Crippen LogP) is 5.79. The number of benzene rings is 2. The molecule has 0 amide bonds. The topological polar surface area (TPSA) is 72.2 Å². The van der Waals surface area contributed by atoms with E-state index >= 15 is 0 Å². The summed E-state index contributed by atoms with van der Waals surface area (Å²) in [5, 5.41) is 0. The molecule has 1 aliphatic rings. The van der Waals surface area contributed by atoms with Gasteiger partial charge in [-0.2, -0.15) is 0 Å². The summed E-state index contributed by atoms with van der Waals surface area (Å²) < 4.78 is 47.3. The van der Waals surface area contributed by atoms with Crippen molar-refractivity contribution in [3.63, 3.8) is 0 Å². The van der Waals surface area contributed by atoms with Crippen molar-refractivity contribution in [3.8, 4) is 11.3 Å². The number of rotatable bonds is 7. The molecule has 2 aromatic carbocycles. The third-order valence-electron chi connectivity index (χ3n) is 5.56. The molecule has 1 heterocycles. The van der Waals surface area contributed by atoms with E-state index in [1.807, 2.05) is 0 Å². The third-order valence-corrected chi connectivity index (χ3v) is 6.91. The van der Waals surface area contributed by atoms with E-state index in [0.29, 0.717) is 29.5 Å². The first-order valence-corrected chi connectivity index (χ1v) is 11.8. The Hall–Kier alpha value is -2.67. The van der Waals surface area contributed by atoms with Crippen molar-refractivity contribution in [1.82, 2.24) is 4.98 Å². The molecule has 1 aromatic heterocycles. The number of aromatic nitrogens is 1. The van der Waals surface area contributed by atoms with Gasteiger partial charge in [-0.05, 0) is 48.7 Å². The molecule has 30 heavy (non-hydrogen) atoms. The maximum Gasteiger partial charge on any atom is 0.264 e. The van der Waals surface area contributed by atoms with Gasteiger partial charge in [-0.3, -0.25) is 0 Å². The minimum Gasteiger partial charge on any atom is -0.424 e. The molecule has 4 rings (SSSR count). The summed E-state index contributed by atoms with van der Waals surface area (Å²) in [6, 6.07) is 13.9. The fraction of sp³-hybridized carbons (Fsp3) is 0.348. The minimum atomic E-state index is -3.83. The Labute approximate surface area is 176 Å². The zero-order valence-electron chi connectivity index (χ0n) is 16.7. The highest BCUT2D eigenvalue weighted by Gasteiger charge is 2.23. The summed E-state index contributed by atoms with van der Waals surface area (Å²) in [5.74, 6) is 0.838. The number of oxazole rings is 1. The van der Waals surface area contributed by atoms with Crippen molar-refractivity contribution in [2.45, 2.75) is 49.8 Å². The number of sulfonamides is 1. The molecule has 5 nitrogen and oxygen atoms in total. The number of aryl methyl sites for hydroxylation is 1. The first-order valence-electron chi connectivity index (χ1n) is 10.3. The molecule has 158 valence electrons. The Bertz CT molecular complexity index is 1070. The lowest BCUT2D eigenvalue weighted by Crippen LogP contribution is -2.12. The van der Waals surface area contributed by atoms with E-state index in [9.17, 15) is 12.8 Å². The van der Waals surface area contributed by atoms with Gasteiger partial charge in [-0.15, -0.1) is 0 Å². The lowest BCUT2D eigenvalue weighted by Gasteiger charge is -2.20. The van der Waals surface area contributed by atoms with E-state index in [2.05, 4.69) is 9.71 Å². The molecule has 0 radical (unpaired) electrons. The van der Waals surface area contributed by atoms with Crippen molar-refractivity contribution in [1.29, 1.82) is 0 Å². The smallest absolute Gasteiger partial charge is 0.264 e. The van der Waals surface area contributed by atoms with Gasteiger partial charge >= 0.3 is 0 Å². The van der Waals surface area contributed by atoms with Gasteiger partial charge in [-0.25, -0.2) is 22.5 Å². The second-order valence-corrected chi connectivity index (χ2v) is 9.44. The van der Waals surface area contributed by atoms with Gasteiger partial charge in [-0.1, -0.05) is 50.3 Å². The van der Waals surface area contributed by atoms with Crippen LogP contribution in [0.15, 0.2) is 63.9 Å². The molecule has 7 heteroatoms. The molecule has 0 saturated heterocycles. The van der Waals surface area contributed by atoms with Crippen LogP contribution < -0.4 is 4.72 Å². The van der Waals surface area contributed by atoms with Gasteiger partial charge in [0, 0.05) is 12.0 Å². The zero-order chi connectivity index (χ0) is 21.0. The van der Waals surface area contributed by atoms with Gasteiger partial charge in [0.2, 0.25) is 5.88 Å². The standard InChI is InChI=1S/C23H25FN2O3S/c24-19-14-12-18(13-15-19)22-23(26-30(27,28)20-9-5-2-6-10-20)29-21(25-22)16-11-17-7-3-1-4-8-17/h2,5-6,9-10,12-15,17,26H,1,3-4,7-8,11,16H2. The molecular formula is C23H25FN2O3S. The maximum atomic E-state index is 13.4. The SMILES string of the molecule is O=S(=O)(Nc1oc(CCC2CCCCC2)nc1-c1ccc(F)cc1)c1ccccc1. The lowest BCUT2D eigenvalue weighted by molar-refractivity contribution is 0.329. The van der Waals surface area contributed by atoms with Crippen molar-refractivity contribution >= 4 is 15.9 Å². The largest absolute Gasteiger partial charge is 0.424 e. The summed E-state index contributed by atoms with van der Waals surface area (Å²) in [4.78, 5) is 4.69. The Morgan fingerprint density at radius 1 is 1.00 bits per heavy atom. The Kier molecular flexibility index (Phi) is 6.18. The summed E-state index contributed by atoms with van der Waals surface area (Å²) in [6.07, 6.45) is 7.88. The highest BCUT2D eigenvalue weighted by molar-refractivity contribution is 7.92. The van der Waals surface area contributed by atoms with E-state index in [-0.39, 0.29) is 16.6 Å². The maximum absolute atomic E-state index is 13.4. The average molecular weight is 429 g/mol. The van der Waals surface area contributed by atoms with Crippen molar-refractivity contribution in [2.24, 2.45) is 5.92 Å². The van der Waals surface area contributed by atoms with Crippen LogP contribution in [-0.4, -0.2) is 13.4 Å². The van der Waals surface area contributed by atoms with Gasteiger partial charge in [0.1, 0.15) is 11.5 Å². The number of hydrogen-bond acceptors (Lipinski definition) is 4. The fourth-order valence-electron chi connectivity index (χ4n) is 3.93. The van der Waals surface area contributed by atoms with Crippen LogP contribution in [0.2, 0.25) is 0 Å². The van der Waals surface area contributed by atoms with Crippen LogP contribution in [0.4, 0.5) is 10.3 Å². The molecule has 0 atom stereocenters. The van der Waals surface area contributed by atoms with E-state index < -0.39 is 10.0 Å². The average Bonchev–Trinajstić information content (AvgIpc) is 3.16. The van der Waals surface area contributed by atoms with Crippen LogP contribution in [-0.2, 0) is 16.4 Å². The minimum absolute atomic E-state index is 0.0594. The summed E-state index contributed by atoms with van der Waals surface area (Å²) in [6.45, 7) is 0. The van der Waals surface area contributed by atoms with Crippen LogP contribution in [0.1, 0.15) is 44.4 Å². The highest BCUT2D eigenvalue weighted by Crippen LogP contribution is 2.33. The second-order valence-electron chi connectivity index (χ2n) is 7.75. The van der Waals surface area contributed by atoms with Gasteiger partial charge in [0.25, 0.3) is 10.0 Å². The molecule has 3 aromatic rings. The quantitative estimate of drug-likeness (QED) is 0.517. The summed E-state index contributed by atoms with van der Waals surface area (Å²) in [7, 11) is -3.83. The monoisotopic (exact) mass is 428 g/mol. The highest BCUT2D eigenvalue weighted by atomic mass is 32.2. The van der Waals surface area contributed by atoms with E-state index in [1.54, 1.807) is 30.3 Å². The molecular weight excluding hydrogens is 403 g/mol. The van der Waals surface area contributed by atoms with Gasteiger partial charge in [0.05, 0.1) is 4.90 Å². The second kappa shape index (κ2) is 9.00. The summed E-state index contributed by atoms with van der Waals surface area (Å²) in [5.41, 5.74) is 0.961. The molecule has 1 aliphatic carbocycles. The number of nitrogens with one attached hydrogen (secondary N) is 1. The van der Waals surface area contributed by atoms with E-state index in [1.165, 1.54) is 56.4 Å². The molecule has 0 bridgehead atoms. The van der Waals surface area contributed by atoms with Crippen molar-refractivity contribution < 1.29 is 17.2 Å². The first kappa shape index (κ1) is 20.6. The molecule has 0 spiro atoms. The van der Waals surface area contributed by atoms with Crippen molar-refractivity contribution in [3.05, 3.63) is 66.3 Å². The number of hydrogen-bond donors (Lipinski definition) is 1. The first-order chi connectivity index (χ1) is 14.5. The molecule has 1 fully saturated rings. The van der Waals surface area contributed by atoms with Crippen LogP contribution in [0.5, 0.6) is 0 Å². The van der Waals surface area contributed by atoms with Crippen LogP contribution in [0.3, 0.4) is 0 Å². The fourth-order valence-corrected chi connectivity index (χ4v) is 4.94. The zero-order valence-corrected chi connectivity index (χ0v) is 17.5. The Morgan fingerprint density at radius 3 is 2.40 bits per heavy atom. The van der Waals surface area contributed by atoms with Crippen LogP contribution in [0.25, 0.3) is 11.3 Å². The summed E-state index contributed by atoms with van der Waals surface area (Å²) >= 11 is 0. The number of nitrogens with zero attached hydrogens (tertiary/aromatic N) is 1. The third kappa shape index (κ3) is 4.90. The molecule has 1 saturated carbocycles. The number of halogens is 1. The molecule has 1 N–H and O–H groups in total. The van der Waals surface area contributed by atoms with E-state index in [0.717, 1.165) is 6.42 Å². The lowest BCUT2D eigenvalue weighted by atomic mass is 9.86. The van der Waals surface area contributed by atoms with E-state index in [4.69, 9.17) is 4.42 Å². The normalized spacial score (nSPS) is 15.2. The van der Waals surface area contributed by atoms with Crippen LogP contribution in [0, 0.1) is 11.7 Å². The Balaban J connectivity index is 1.61. The van der Waals surface area contributed by atoms with Crippen LogP contribution >= 0.6 is 0 Å². The van der Waals surface area contributed by atoms with Crippen molar-refractivity contribution in [2.75, 3.05) is 4.72 Å². The molecule has 0 aliphatic heterocycles. The Morgan fingerprint density at radius 2 is 1.70 bits per heavy atom. The molecule has 0 unspecified atom stereocenters. The predicted molar refractivity (Wildman–Crippen MR) is 114 cm³/mol. The number of anilines is 1. The van der Waals surface area contributed by atoms with Gasteiger partial charge in [0.15, 0.2) is 5.89 Å². The van der Waals surface area contributed by atoms with Gasteiger partial charge < -0.3 is 4.42 Å².